The Kier molecular flexibility index (Phi) is 3.99. The molecule has 1 saturated carbocycles. The minimum absolute atomic E-state index is 0.354. The van der Waals surface area contributed by atoms with Gasteiger partial charge < -0.3 is 0 Å². The van der Waals surface area contributed by atoms with Crippen LogP contribution in [-0.2, 0) is 0 Å². The number of fused-ring (bicyclic) bond motifs is 1. The molecule has 2 aromatic rings. The van der Waals surface area contributed by atoms with E-state index in [-0.39, 0.29) is 0 Å². The van der Waals surface area contributed by atoms with Crippen molar-refractivity contribution in [2.75, 3.05) is 0 Å². The van der Waals surface area contributed by atoms with Gasteiger partial charge in [0.1, 0.15) is 0 Å². The predicted octanol–water partition coefficient (Wildman–Crippen LogP) is 4.44. The molecule has 1 unspecified atom stereocenters. The standard InChI is InChI=1S/C14H20N2S2/c15-16-14(10-5-3-1-2-4-6-10)13-9-12-11(18-13)7-8-17-12/h7-10,14,16H,1-6,15H2. The van der Waals surface area contributed by atoms with Crippen molar-refractivity contribution in [1.82, 2.24) is 5.43 Å². The molecule has 1 fully saturated rings. The summed E-state index contributed by atoms with van der Waals surface area (Å²) in [5.41, 5.74) is 3.08. The number of nitrogens with two attached hydrogens (primary N) is 1. The number of hydrogen-bond donors (Lipinski definition) is 2. The van der Waals surface area contributed by atoms with Crippen LogP contribution in [-0.4, -0.2) is 0 Å². The molecule has 2 heterocycles. The Morgan fingerprint density at radius 1 is 1.17 bits per heavy atom. The van der Waals surface area contributed by atoms with Crippen molar-refractivity contribution in [2.24, 2.45) is 11.8 Å². The summed E-state index contributed by atoms with van der Waals surface area (Å²) in [5.74, 6) is 6.55. The van der Waals surface area contributed by atoms with Crippen molar-refractivity contribution < 1.29 is 0 Å². The van der Waals surface area contributed by atoms with Gasteiger partial charge in [0.05, 0.1) is 6.04 Å². The van der Waals surface area contributed by atoms with Gasteiger partial charge in [-0.25, -0.2) is 0 Å². The van der Waals surface area contributed by atoms with Crippen LogP contribution in [0.15, 0.2) is 17.5 Å². The number of hydrazine groups is 1. The van der Waals surface area contributed by atoms with Gasteiger partial charge in [0, 0.05) is 14.3 Å². The van der Waals surface area contributed by atoms with Crippen LogP contribution in [0.3, 0.4) is 0 Å². The van der Waals surface area contributed by atoms with Crippen molar-refractivity contribution in [1.29, 1.82) is 0 Å². The molecule has 0 aromatic carbocycles. The molecule has 3 N–H and O–H groups in total. The summed E-state index contributed by atoms with van der Waals surface area (Å²) in [6.07, 6.45) is 8.16. The molecule has 3 rings (SSSR count). The van der Waals surface area contributed by atoms with Gasteiger partial charge in [-0.2, -0.15) is 0 Å². The number of rotatable bonds is 3. The fourth-order valence-electron chi connectivity index (χ4n) is 3.03. The second-order valence-electron chi connectivity index (χ2n) is 5.19. The van der Waals surface area contributed by atoms with Crippen molar-refractivity contribution in [3.05, 3.63) is 22.4 Å². The van der Waals surface area contributed by atoms with Crippen molar-refractivity contribution in [2.45, 2.75) is 44.6 Å². The third-order valence-corrected chi connectivity index (χ3v) is 6.19. The van der Waals surface area contributed by atoms with E-state index in [2.05, 4.69) is 22.9 Å². The molecule has 0 radical (unpaired) electrons. The molecule has 98 valence electrons. The molecule has 18 heavy (non-hydrogen) atoms. The quantitative estimate of drug-likeness (QED) is 0.495. The molecule has 4 heteroatoms. The molecule has 0 saturated heterocycles. The molecule has 0 bridgehead atoms. The van der Waals surface area contributed by atoms with Gasteiger partial charge in [-0.3, -0.25) is 11.3 Å². The van der Waals surface area contributed by atoms with Crippen LogP contribution in [0.1, 0.15) is 49.4 Å². The van der Waals surface area contributed by atoms with Crippen molar-refractivity contribution >= 4 is 32.1 Å². The zero-order valence-corrected chi connectivity index (χ0v) is 12.2. The fraction of sp³-hybridized carbons (Fsp3) is 0.571. The SMILES string of the molecule is NNC(c1cc2sccc2s1)C1CCCCCC1. The first kappa shape index (κ1) is 12.6. The molecule has 0 aliphatic heterocycles. The van der Waals surface area contributed by atoms with Crippen LogP contribution in [0.25, 0.3) is 9.40 Å². The van der Waals surface area contributed by atoms with Gasteiger partial charge >= 0.3 is 0 Å². The van der Waals surface area contributed by atoms with E-state index >= 15 is 0 Å². The number of hydrogen-bond acceptors (Lipinski definition) is 4. The summed E-state index contributed by atoms with van der Waals surface area (Å²) in [6, 6.07) is 4.90. The topological polar surface area (TPSA) is 38.0 Å². The van der Waals surface area contributed by atoms with E-state index in [9.17, 15) is 0 Å². The van der Waals surface area contributed by atoms with Crippen molar-refractivity contribution in [3.63, 3.8) is 0 Å². The maximum atomic E-state index is 5.84. The molecule has 2 aromatic heterocycles. The van der Waals surface area contributed by atoms with E-state index in [1.54, 1.807) is 0 Å². The monoisotopic (exact) mass is 280 g/mol. The average Bonchev–Trinajstić information content (AvgIpc) is 2.84. The van der Waals surface area contributed by atoms with Gasteiger partial charge in [0.2, 0.25) is 0 Å². The lowest BCUT2D eigenvalue weighted by Crippen LogP contribution is -2.32. The van der Waals surface area contributed by atoms with E-state index < -0.39 is 0 Å². The normalized spacial score (nSPS) is 20.1. The third-order valence-electron chi connectivity index (χ3n) is 4.02. The average molecular weight is 280 g/mol. The first-order valence-corrected chi connectivity index (χ1v) is 8.51. The molecular formula is C14H20N2S2. The maximum Gasteiger partial charge on any atom is 0.0582 e. The fourth-order valence-corrected chi connectivity index (χ4v) is 5.31. The summed E-state index contributed by atoms with van der Waals surface area (Å²) < 4.78 is 2.81. The lowest BCUT2D eigenvalue weighted by molar-refractivity contribution is 0.333. The molecule has 1 atom stereocenters. The minimum Gasteiger partial charge on any atom is -0.271 e. The Morgan fingerprint density at radius 2 is 1.94 bits per heavy atom. The Hall–Kier alpha value is -0.420. The van der Waals surface area contributed by atoms with Crippen molar-refractivity contribution in [3.8, 4) is 0 Å². The lowest BCUT2D eigenvalue weighted by Gasteiger charge is -2.24. The summed E-state index contributed by atoms with van der Waals surface area (Å²) in [4.78, 5) is 1.42. The highest BCUT2D eigenvalue weighted by molar-refractivity contribution is 7.26. The zero-order chi connectivity index (χ0) is 12.4. The Labute approximate surface area is 116 Å². The first-order valence-electron chi connectivity index (χ1n) is 6.81. The predicted molar refractivity (Wildman–Crippen MR) is 81.0 cm³/mol. The highest BCUT2D eigenvalue weighted by Crippen LogP contribution is 2.39. The largest absolute Gasteiger partial charge is 0.271 e. The van der Waals surface area contributed by atoms with E-state index in [0.717, 1.165) is 0 Å². The zero-order valence-electron chi connectivity index (χ0n) is 10.5. The summed E-state index contributed by atoms with van der Waals surface area (Å²) in [6.45, 7) is 0. The van der Waals surface area contributed by atoms with Gasteiger partial charge in [-0.05, 0) is 36.3 Å². The van der Waals surface area contributed by atoms with Crippen LogP contribution >= 0.6 is 22.7 Å². The van der Waals surface area contributed by atoms with Gasteiger partial charge in [-0.1, -0.05) is 25.7 Å². The molecule has 1 aliphatic carbocycles. The van der Waals surface area contributed by atoms with Crippen LogP contribution < -0.4 is 11.3 Å². The highest BCUT2D eigenvalue weighted by atomic mass is 32.1. The second-order valence-corrected chi connectivity index (χ2v) is 7.26. The second kappa shape index (κ2) is 5.70. The molecule has 2 nitrogen and oxygen atoms in total. The number of thiophene rings is 2. The summed E-state index contributed by atoms with van der Waals surface area (Å²) in [5, 5.41) is 2.17. The smallest absolute Gasteiger partial charge is 0.0582 e. The maximum absolute atomic E-state index is 5.84. The Balaban J connectivity index is 1.84. The molecule has 0 spiro atoms. The summed E-state index contributed by atoms with van der Waals surface area (Å²) >= 11 is 3.73. The first-order chi connectivity index (χ1) is 8.88. The van der Waals surface area contributed by atoms with E-state index in [1.807, 2.05) is 22.7 Å². The van der Waals surface area contributed by atoms with E-state index in [4.69, 9.17) is 5.84 Å². The van der Waals surface area contributed by atoms with Gasteiger partial charge in [-0.15, -0.1) is 22.7 Å². The van der Waals surface area contributed by atoms with Crippen LogP contribution in [0.4, 0.5) is 0 Å². The van der Waals surface area contributed by atoms with E-state index in [1.165, 1.54) is 52.8 Å². The molecular weight excluding hydrogens is 260 g/mol. The van der Waals surface area contributed by atoms with Gasteiger partial charge in [0.15, 0.2) is 0 Å². The van der Waals surface area contributed by atoms with Gasteiger partial charge in [0.25, 0.3) is 0 Å². The third kappa shape index (κ3) is 2.48. The summed E-state index contributed by atoms with van der Waals surface area (Å²) in [7, 11) is 0. The van der Waals surface area contributed by atoms with Crippen LogP contribution in [0, 0.1) is 5.92 Å². The van der Waals surface area contributed by atoms with E-state index in [0.29, 0.717) is 12.0 Å². The highest BCUT2D eigenvalue weighted by Gasteiger charge is 2.24. The van der Waals surface area contributed by atoms with Crippen LogP contribution in [0.5, 0.6) is 0 Å². The molecule has 1 aliphatic rings. The minimum atomic E-state index is 0.354. The number of nitrogens with one attached hydrogen (secondary N) is 1. The molecule has 0 amide bonds. The Morgan fingerprint density at radius 3 is 2.61 bits per heavy atom. The Bertz CT molecular complexity index is 466. The lowest BCUT2D eigenvalue weighted by atomic mass is 9.91. The van der Waals surface area contributed by atoms with Crippen LogP contribution in [0.2, 0.25) is 0 Å².